The predicted octanol–water partition coefficient (Wildman–Crippen LogP) is 4.04. The molecule has 7 nitrogen and oxygen atoms in total. The lowest BCUT2D eigenvalue weighted by molar-refractivity contribution is -0.384. The molecule has 0 radical (unpaired) electrons. The van der Waals surface area contributed by atoms with Crippen molar-refractivity contribution in [2.24, 2.45) is 5.10 Å². The molecule has 0 fully saturated rings. The molecule has 25 heavy (non-hydrogen) atoms. The minimum absolute atomic E-state index is 0.0202. The third-order valence-electron chi connectivity index (χ3n) is 3.29. The van der Waals surface area contributed by atoms with Gasteiger partial charge < -0.3 is 5.11 Å². The van der Waals surface area contributed by atoms with Gasteiger partial charge in [-0.3, -0.25) is 14.9 Å². The Morgan fingerprint density at radius 2 is 2.08 bits per heavy atom. The Bertz CT molecular complexity index is 1020. The van der Waals surface area contributed by atoms with Crippen molar-refractivity contribution < 1.29 is 14.8 Å². The van der Waals surface area contributed by atoms with E-state index in [0.717, 1.165) is 4.70 Å². The van der Waals surface area contributed by atoms with Crippen LogP contribution in [0.2, 0.25) is 0 Å². The molecule has 0 unspecified atom stereocenters. The fraction of sp³-hybridized carbons (Fsp3) is 0. The van der Waals surface area contributed by atoms with E-state index in [2.05, 4.69) is 26.5 Å². The van der Waals surface area contributed by atoms with Crippen LogP contribution in [0.3, 0.4) is 0 Å². The summed E-state index contributed by atoms with van der Waals surface area (Å²) in [7, 11) is 0. The molecule has 0 aliphatic carbocycles. The van der Waals surface area contributed by atoms with Gasteiger partial charge in [0.25, 0.3) is 11.6 Å². The van der Waals surface area contributed by atoms with E-state index in [9.17, 15) is 20.0 Å². The zero-order chi connectivity index (χ0) is 18.0. The van der Waals surface area contributed by atoms with Gasteiger partial charge in [0.05, 0.1) is 20.5 Å². The Kier molecular flexibility index (Phi) is 4.77. The summed E-state index contributed by atoms with van der Waals surface area (Å²) in [5.41, 5.74) is 3.08. The number of carbonyl (C=O) groups excluding carboxylic acids is 1. The van der Waals surface area contributed by atoms with Crippen molar-refractivity contribution in [1.82, 2.24) is 5.43 Å². The molecule has 0 aliphatic rings. The van der Waals surface area contributed by atoms with Crippen molar-refractivity contribution in [2.45, 2.75) is 0 Å². The maximum Gasteiger partial charge on any atom is 0.281 e. The lowest BCUT2D eigenvalue weighted by Crippen LogP contribution is -2.16. The van der Waals surface area contributed by atoms with Gasteiger partial charge in [0, 0.05) is 22.2 Å². The summed E-state index contributed by atoms with van der Waals surface area (Å²) in [5.74, 6) is -0.293. The zero-order valence-corrected chi connectivity index (χ0v) is 14.9. The number of halogens is 1. The van der Waals surface area contributed by atoms with Crippen molar-refractivity contribution in [2.75, 3.05) is 0 Å². The summed E-state index contributed by atoms with van der Waals surface area (Å²) >= 11 is 4.42. The number of nitro benzene ring substituents is 1. The number of fused-ring (bicyclic) bond motifs is 1. The van der Waals surface area contributed by atoms with E-state index >= 15 is 0 Å². The minimum Gasteiger partial charge on any atom is -0.507 e. The van der Waals surface area contributed by atoms with Crippen LogP contribution in [0.4, 0.5) is 5.69 Å². The van der Waals surface area contributed by atoms with Crippen LogP contribution in [-0.2, 0) is 0 Å². The molecule has 0 spiro atoms. The Labute approximate surface area is 153 Å². The first-order valence-corrected chi connectivity index (χ1v) is 8.55. The molecular weight excluding hydrogens is 410 g/mol. The summed E-state index contributed by atoms with van der Waals surface area (Å²) in [6.07, 6.45) is 1.44. The first-order valence-electron chi connectivity index (χ1n) is 6.94. The molecule has 3 rings (SSSR count). The van der Waals surface area contributed by atoms with E-state index < -0.39 is 10.8 Å². The summed E-state index contributed by atoms with van der Waals surface area (Å²) in [6, 6.07) is 10.9. The second-order valence-corrected chi connectivity index (χ2v) is 6.94. The first-order chi connectivity index (χ1) is 11.9. The number of aromatic hydroxyl groups is 1. The molecular formula is C16H10BrN3O4S. The summed E-state index contributed by atoms with van der Waals surface area (Å²) < 4.78 is 1.30. The number of phenolic OH excluding ortho intramolecular Hbond substituents is 1. The van der Waals surface area contributed by atoms with Gasteiger partial charge in [-0.2, -0.15) is 5.10 Å². The molecule has 0 aliphatic heterocycles. The van der Waals surface area contributed by atoms with E-state index in [0.29, 0.717) is 20.3 Å². The monoisotopic (exact) mass is 419 g/mol. The number of hydrazone groups is 1. The highest BCUT2D eigenvalue weighted by Crippen LogP contribution is 2.29. The zero-order valence-electron chi connectivity index (χ0n) is 12.5. The molecule has 1 heterocycles. The number of rotatable bonds is 4. The topological polar surface area (TPSA) is 105 Å². The highest BCUT2D eigenvalue weighted by molar-refractivity contribution is 9.10. The SMILES string of the molecule is O=C(NN=Cc1ccc(O)c(Br)c1)c1cc2cc([N+](=O)[O-])ccc2s1. The van der Waals surface area contributed by atoms with Gasteiger partial charge in [-0.25, -0.2) is 5.43 Å². The molecule has 0 bridgehead atoms. The molecule has 1 amide bonds. The number of amides is 1. The van der Waals surface area contributed by atoms with Gasteiger partial charge in [-0.1, -0.05) is 0 Å². The average Bonchev–Trinajstić information content (AvgIpc) is 3.01. The van der Waals surface area contributed by atoms with Crippen LogP contribution in [0.25, 0.3) is 10.1 Å². The molecule has 126 valence electrons. The molecule has 9 heteroatoms. The fourth-order valence-electron chi connectivity index (χ4n) is 2.08. The van der Waals surface area contributed by atoms with Crippen LogP contribution in [0.5, 0.6) is 5.75 Å². The number of non-ortho nitro benzene ring substituents is 1. The number of benzene rings is 2. The van der Waals surface area contributed by atoms with Gasteiger partial charge >= 0.3 is 0 Å². The van der Waals surface area contributed by atoms with Crippen molar-refractivity contribution in [3.63, 3.8) is 0 Å². The van der Waals surface area contributed by atoms with Crippen LogP contribution < -0.4 is 5.43 Å². The van der Waals surface area contributed by atoms with Crippen molar-refractivity contribution in [3.05, 3.63) is 67.5 Å². The molecule has 1 aromatic heterocycles. The van der Waals surface area contributed by atoms with Crippen LogP contribution >= 0.6 is 27.3 Å². The van der Waals surface area contributed by atoms with Crippen molar-refractivity contribution in [1.29, 1.82) is 0 Å². The number of hydrogen-bond acceptors (Lipinski definition) is 6. The van der Waals surface area contributed by atoms with Crippen molar-refractivity contribution in [3.8, 4) is 5.75 Å². The second kappa shape index (κ2) is 6.99. The maximum absolute atomic E-state index is 12.1. The number of nitro groups is 1. The third-order valence-corrected chi connectivity index (χ3v) is 5.04. The smallest absolute Gasteiger partial charge is 0.281 e. The number of thiophene rings is 1. The van der Waals surface area contributed by atoms with Crippen molar-refractivity contribution >= 4 is 55.2 Å². The Morgan fingerprint density at radius 3 is 2.80 bits per heavy atom. The average molecular weight is 420 g/mol. The van der Waals surface area contributed by atoms with E-state index in [1.807, 2.05) is 0 Å². The number of nitrogens with one attached hydrogen (secondary N) is 1. The highest BCUT2D eigenvalue weighted by Gasteiger charge is 2.12. The Hall–Kier alpha value is -2.78. The van der Waals surface area contributed by atoms with Crippen LogP contribution in [0.1, 0.15) is 15.2 Å². The first kappa shape index (κ1) is 17.1. The van der Waals surface area contributed by atoms with Crippen LogP contribution in [0, 0.1) is 10.1 Å². The molecule has 2 aromatic carbocycles. The molecule has 0 saturated heterocycles. The van der Waals surface area contributed by atoms with Gasteiger partial charge in [0.2, 0.25) is 0 Å². The van der Waals surface area contributed by atoms with E-state index in [4.69, 9.17) is 0 Å². The molecule has 0 atom stereocenters. The number of hydrogen-bond donors (Lipinski definition) is 2. The van der Waals surface area contributed by atoms with Crippen LogP contribution in [-0.4, -0.2) is 22.2 Å². The Balaban J connectivity index is 1.74. The second-order valence-electron chi connectivity index (χ2n) is 5.00. The lowest BCUT2D eigenvalue weighted by Gasteiger charge is -1.98. The largest absolute Gasteiger partial charge is 0.507 e. The fourth-order valence-corrected chi connectivity index (χ4v) is 3.41. The minimum atomic E-state index is -0.475. The highest BCUT2D eigenvalue weighted by atomic mass is 79.9. The number of nitrogens with zero attached hydrogens (tertiary/aromatic N) is 2. The van der Waals surface area contributed by atoms with E-state index in [1.165, 1.54) is 35.8 Å². The summed E-state index contributed by atoms with van der Waals surface area (Å²) in [5, 5.41) is 24.7. The molecule has 2 N–H and O–H groups in total. The quantitative estimate of drug-likeness (QED) is 0.378. The van der Waals surface area contributed by atoms with Gasteiger partial charge in [0.15, 0.2) is 0 Å². The Morgan fingerprint density at radius 1 is 1.28 bits per heavy atom. The van der Waals surface area contributed by atoms with Gasteiger partial charge in [-0.15, -0.1) is 11.3 Å². The lowest BCUT2D eigenvalue weighted by atomic mass is 10.2. The predicted molar refractivity (Wildman–Crippen MR) is 99.3 cm³/mol. The normalized spacial score (nSPS) is 11.1. The molecule has 0 saturated carbocycles. The number of phenols is 1. The molecule has 3 aromatic rings. The summed E-state index contributed by atoms with van der Waals surface area (Å²) in [4.78, 5) is 22.9. The standard InChI is InChI=1S/C16H10BrN3O4S/c17-12-5-9(1-3-13(12)21)8-18-19-16(22)15-7-10-6-11(20(23)24)2-4-14(10)25-15/h1-8,21H,(H,19,22). The third kappa shape index (κ3) is 3.83. The maximum atomic E-state index is 12.1. The van der Waals surface area contributed by atoms with Gasteiger partial charge in [0.1, 0.15) is 5.75 Å². The summed E-state index contributed by atoms with van der Waals surface area (Å²) in [6.45, 7) is 0. The number of carbonyl (C=O) groups is 1. The van der Waals surface area contributed by atoms with E-state index in [1.54, 1.807) is 24.3 Å². The van der Waals surface area contributed by atoms with Gasteiger partial charge in [-0.05, 0) is 51.8 Å². The van der Waals surface area contributed by atoms with Crippen LogP contribution in [0.15, 0.2) is 52.0 Å². The van der Waals surface area contributed by atoms with E-state index in [-0.39, 0.29) is 11.4 Å².